The lowest BCUT2D eigenvalue weighted by Crippen LogP contribution is -2.43. The van der Waals surface area contributed by atoms with E-state index in [1.165, 1.54) is 0 Å². The minimum Gasteiger partial charge on any atom is -0.336 e. The summed E-state index contributed by atoms with van der Waals surface area (Å²) in [6.07, 6.45) is 1.41. The van der Waals surface area contributed by atoms with Gasteiger partial charge in [0, 0.05) is 29.5 Å². The van der Waals surface area contributed by atoms with Crippen molar-refractivity contribution in [2.45, 2.75) is 19.8 Å². The maximum Gasteiger partial charge on any atom is 0.286 e. The van der Waals surface area contributed by atoms with Gasteiger partial charge in [-0.15, -0.1) is 10.2 Å². The van der Waals surface area contributed by atoms with Gasteiger partial charge in [0.05, 0.1) is 5.92 Å². The second kappa shape index (κ2) is 10.1. The van der Waals surface area contributed by atoms with Crippen LogP contribution in [-0.4, -0.2) is 45.9 Å². The number of hydrogen-bond donors (Lipinski definition) is 2. The molecule has 0 bridgehead atoms. The Morgan fingerprint density at radius 3 is 2.52 bits per heavy atom. The summed E-state index contributed by atoms with van der Waals surface area (Å²) in [5.41, 5.74) is 2.32. The fraction of sp³-hybridized carbons (Fsp3) is 0.261. The van der Waals surface area contributed by atoms with Gasteiger partial charge in [0.2, 0.25) is 15.9 Å². The van der Waals surface area contributed by atoms with Crippen molar-refractivity contribution in [1.82, 2.24) is 15.1 Å². The Balaban J connectivity index is 1.38. The maximum atomic E-state index is 13.0. The smallest absolute Gasteiger partial charge is 0.286 e. The van der Waals surface area contributed by atoms with Crippen LogP contribution in [0.4, 0.5) is 11.4 Å². The number of aryl methyl sites for hydroxylation is 1. The average molecular weight is 484 g/mol. The Bertz CT molecular complexity index is 1200. The van der Waals surface area contributed by atoms with Gasteiger partial charge in [-0.05, 0) is 55.7 Å². The number of piperidine rings is 1. The van der Waals surface area contributed by atoms with Crippen LogP contribution >= 0.6 is 22.9 Å². The molecular formula is C23H22ClN5O3S. The zero-order chi connectivity index (χ0) is 23.4. The highest BCUT2D eigenvalue weighted by Gasteiger charge is 2.31. The number of anilines is 2. The predicted molar refractivity (Wildman–Crippen MR) is 128 cm³/mol. The van der Waals surface area contributed by atoms with E-state index in [1.54, 1.807) is 29.2 Å². The predicted octanol–water partition coefficient (Wildman–Crippen LogP) is 4.24. The summed E-state index contributed by atoms with van der Waals surface area (Å²) in [7, 11) is 0. The van der Waals surface area contributed by atoms with Crippen molar-refractivity contribution in [1.29, 1.82) is 0 Å². The van der Waals surface area contributed by atoms with Crippen LogP contribution in [0.1, 0.15) is 38.0 Å². The van der Waals surface area contributed by atoms with Gasteiger partial charge in [-0.1, -0.05) is 41.1 Å². The van der Waals surface area contributed by atoms with Crippen molar-refractivity contribution in [3.63, 3.8) is 0 Å². The van der Waals surface area contributed by atoms with Crippen molar-refractivity contribution in [3.8, 4) is 0 Å². The zero-order valence-electron chi connectivity index (χ0n) is 17.9. The highest BCUT2D eigenvalue weighted by Crippen LogP contribution is 2.23. The first-order valence-electron chi connectivity index (χ1n) is 10.5. The third kappa shape index (κ3) is 5.74. The SMILES string of the molecule is Cc1cccc(NC(=O)[C@H]2CCCN(C(=O)c3nnc(C(=O)Nc4cccc(Cl)c4)s3)C2)c1. The third-order valence-corrected chi connectivity index (χ3v) is 6.39. The molecule has 2 heterocycles. The number of carbonyl (C=O) groups excluding carboxylic acids is 3. The van der Waals surface area contributed by atoms with Gasteiger partial charge in [0.1, 0.15) is 0 Å². The molecule has 1 saturated heterocycles. The quantitative estimate of drug-likeness (QED) is 0.564. The Kier molecular flexibility index (Phi) is 7.00. The van der Waals surface area contributed by atoms with Crippen LogP contribution in [0.2, 0.25) is 5.02 Å². The van der Waals surface area contributed by atoms with Crippen molar-refractivity contribution in [2.75, 3.05) is 23.7 Å². The minimum absolute atomic E-state index is 0.0732. The number of amides is 3. The van der Waals surface area contributed by atoms with Crippen molar-refractivity contribution < 1.29 is 14.4 Å². The molecule has 2 aromatic carbocycles. The standard InChI is InChI=1S/C23H22ClN5O3S/c1-14-5-2-8-17(11-14)25-19(30)15-6-4-10-29(13-15)23(32)22-28-27-21(33-22)20(31)26-18-9-3-7-16(24)12-18/h2-3,5,7-9,11-12,15H,4,6,10,13H2,1H3,(H,25,30)(H,26,31)/t15-/m0/s1. The number of likely N-dealkylation sites (tertiary alicyclic amines) is 1. The molecule has 1 atom stereocenters. The van der Waals surface area contributed by atoms with Crippen LogP contribution in [0.25, 0.3) is 0 Å². The average Bonchev–Trinajstić information content (AvgIpc) is 3.29. The highest BCUT2D eigenvalue weighted by molar-refractivity contribution is 7.15. The van der Waals surface area contributed by atoms with Crippen LogP contribution in [0.3, 0.4) is 0 Å². The monoisotopic (exact) mass is 483 g/mol. The summed E-state index contributed by atoms with van der Waals surface area (Å²) in [6, 6.07) is 14.3. The van der Waals surface area contributed by atoms with E-state index in [1.807, 2.05) is 31.2 Å². The Morgan fingerprint density at radius 1 is 1.03 bits per heavy atom. The largest absolute Gasteiger partial charge is 0.336 e. The Morgan fingerprint density at radius 2 is 1.76 bits per heavy atom. The summed E-state index contributed by atoms with van der Waals surface area (Å²) in [6.45, 7) is 2.78. The first-order valence-corrected chi connectivity index (χ1v) is 11.7. The second-order valence-corrected chi connectivity index (χ2v) is 9.24. The molecule has 2 N–H and O–H groups in total. The third-order valence-electron chi connectivity index (χ3n) is 5.25. The lowest BCUT2D eigenvalue weighted by molar-refractivity contribution is -0.121. The Labute approximate surface area is 200 Å². The number of nitrogens with one attached hydrogen (secondary N) is 2. The van der Waals surface area contributed by atoms with Gasteiger partial charge in [-0.2, -0.15) is 0 Å². The number of hydrogen-bond acceptors (Lipinski definition) is 6. The molecule has 0 aliphatic carbocycles. The van der Waals surface area contributed by atoms with Crippen LogP contribution < -0.4 is 10.6 Å². The lowest BCUT2D eigenvalue weighted by Gasteiger charge is -2.31. The van der Waals surface area contributed by atoms with Crippen LogP contribution in [0.5, 0.6) is 0 Å². The summed E-state index contributed by atoms with van der Waals surface area (Å²) < 4.78 is 0. The first kappa shape index (κ1) is 22.9. The van der Waals surface area contributed by atoms with Crippen LogP contribution in [0, 0.1) is 12.8 Å². The van der Waals surface area contributed by atoms with E-state index in [0.717, 1.165) is 22.6 Å². The van der Waals surface area contributed by atoms with E-state index in [-0.39, 0.29) is 27.7 Å². The number of rotatable bonds is 5. The number of benzene rings is 2. The molecule has 33 heavy (non-hydrogen) atoms. The summed E-state index contributed by atoms with van der Waals surface area (Å²) >= 11 is 6.86. The lowest BCUT2D eigenvalue weighted by atomic mass is 9.97. The summed E-state index contributed by atoms with van der Waals surface area (Å²) in [4.78, 5) is 39.8. The molecule has 3 aromatic rings. The van der Waals surface area contributed by atoms with Gasteiger partial charge in [0.25, 0.3) is 11.8 Å². The van der Waals surface area contributed by atoms with Gasteiger partial charge in [-0.3, -0.25) is 14.4 Å². The molecule has 1 aliphatic heterocycles. The normalized spacial score (nSPS) is 15.7. The van der Waals surface area contributed by atoms with Crippen molar-refractivity contribution >= 4 is 52.0 Å². The van der Waals surface area contributed by atoms with E-state index in [2.05, 4.69) is 20.8 Å². The van der Waals surface area contributed by atoms with E-state index < -0.39 is 5.91 Å². The first-order chi connectivity index (χ1) is 15.9. The fourth-order valence-electron chi connectivity index (χ4n) is 3.63. The molecule has 10 heteroatoms. The molecule has 3 amide bonds. The number of aromatic nitrogens is 2. The number of carbonyl (C=O) groups is 3. The van der Waals surface area contributed by atoms with Gasteiger partial charge in [-0.25, -0.2) is 0 Å². The maximum absolute atomic E-state index is 13.0. The second-order valence-electron chi connectivity index (χ2n) is 7.83. The zero-order valence-corrected chi connectivity index (χ0v) is 19.4. The molecule has 0 radical (unpaired) electrons. The molecule has 170 valence electrons. The topological polar surface area (TPSA) is 104 Å². The summed E-state index contributed by atoms with van der Waals surface area (Å²) in [5, 5.41) is 14.1. The molecule has 1 aromatic heterocycles. The van der Waals surface area contributed by atoms with E-state index in [0.29, 0.717) is 36.6 Å². The van der Waals surface area contributed by atoms with E-state index in [4.69, 9.17) is 11.6 Å². The molecule has 0 spiro atoms. The van der Waals surface area contributed by atoms with Gasteiger partial charge in [0.15, 0.2) is 0 Å². The molecule has 8 nitrogen and oxygen atoms in total. The molecular weight excluding hydrogens is 462 g/mol. The molecule has 1 fully saturated rings. The van der Waals surface area contributed by atoms with Crippen molar-refractivity contribution in [3.05, 3.63) is 69.1 Å². The van der Waals surface area contributed by atoms with Gasteiger partial charge >= 0.3 is 0 Å². The Hall–Kier alpha value is -3.30. The summed E-state index contributed by atoms with van der Waals surface area (Å²) in [5.74, 6) is -1.23. The number of nitrogens with zero attached hydrogens (tertiary/aromatic N) is 3. The van der Waals surface area contributed by atoms with E-state index in [9.17, 15) is 14.4 Å². The van der Waals surface area contributed by atoms with Crippen LogP contribution in [0.15, 0.2) is 48.5 Å². The molecule has 4 rings (SSSR count). The van der Waals surface area contributed by atoms with E-state index >= 15 is 0 Å². The molecule has 0 saturated carbocycles. The molecule has 0 unspecified atom stereocenters. The van der Waals surface area contributed by atoms with Gasteiger partial charge < -0.3 is 15.5 Å². The number of halogens is 1. The minimum atomic E-state index is -0.470. The van der Waals surface area contributed by atoms with Crippen LogP contribution in [-0.2, 0) is 4.79 Å². The molecule has 1 aliphatic rings. The highest BCUT2D eigenvalue weighted by atomic mass is 35.5. The fourth-order valence-corrected chi connectivity index (χ4v) is 4.53. The van der Waals surface area contributed by atoms with Crippen molar-refractivity contribution in [2.24, 2.45) is 5.92 Å².